The number of anilines is 1. The fourth-order valence-corrected chi connectivity index (χ4v) is 5.88. The molecule has 9 heteroatoms. The van der Waals surface area contributed by atoms with Crippen LogP contribution in [-0.4, -0.2) is 85.2 Å². The van der Waals surface area contributed by atoms with Crippen molar-refractivity contribution in [2.24, 2.45) is 5.92 Å². The van der Waals surface area contributed by atoms with Crippen LogP contribution in [0.2, 0.25) is 0 Å². The van der Waals surface area contributed by atoms with Gasteiger partial charge >= 0.3 is 0 Å². The lowest BCUT2D eigenvalue weighted by atomic mass is 9.91. The van der Waals surface area contributed by atoms with Crippen molar-refractivity contribution >= 4 is 35.5 Å². The minimum absolute atomic E-state index is 0.0252. The van der Waals surface area contributed by atoms with Gasteiger partial charge in [-0.15, -0.1) is 6.42 Å². The largest absolute Gasteiger partial charge is 0.363 e. The summed E-state index contributed by atoms with van der Waals surface area (Å²) in [4.78, 5) is 45.9. The second-order valence-corrected chi connectivity index (χ2v) is 13.1. The molecule has 0 spiro atoms. The van der Waals surface area contributed by atoms with Gasteiger partial charge in [0.05, 0.1) is 0 Å². The highest BCUT2D eigenvalue weighted by Gasteiger charge is 2.35. The van der Waals surface area contributed by atoms with Crippen molar-refractivity contribution in [3.8, 4) is 12.3 Å². The highest BCUT2D eigenvalue weighted by Crippen LogP contribution is 2.33. The lowest BCUT2D eigenvalue weighted by Gasteiger charge is -2.36. The fraction of sp³-hybridized carbons (Fsp3) is 0.528. The fourth-order valence-electron chi connectivity index (χ4n) is 5.50. The zero-order valence-electron chi connectivity index (χ0n) is 28.0. The summed E-state index contributed by atoms with van der Waals surface area (Å²) in [5.74, 6) is 3.02. The maximum atomic E-state index is 14.2. The first-order chi connectivity index (χ1) is 21.6. The molecule has 1 aliphatic heterocycles. The molecule has 244 valence electrons. The van der Waals surface area contributed by atoms with Gasteiger partial charge in [-0.3, -0.25) is 19.1 Å². The SMILES string of the molecule is C#CC(CCC)c1ccc(C(=O)NSN(C)C)cc1N(C/C=C/C)C/C(=C\C(C)=C\CC)C(=O)N1CCN(C(=O)C2CC2)CC1. The van der Waals surface area contributed by atoms with Crippen molar-refractivity contribution in [1.82, 2.24) is 18.8 Å². The van der Waals surface area contributed by atoms with E-state index < -0.39 is 0 Å². The lowest BCUT2D eigenvalue weighted by Crippen LogP contribution is -2.52. The minimum atomic E-state index is -0.201. The van der Waals surface area contributed by atoms with Gasteiger partial charge in [0.1, 0.15) is 0 Å². The summed E-state index contributed by atoms with van der Waals surface area (Å²) in [6, 6.07) is 5.71. The number of hydrogen-bond donors (Lipinski definition) is 1. The van der Waals surface area contributed by atoms with E-state index in [1.165, 1.54) is 12.1 Å². The Kier molecular flexibility index (Phi) is 14.3. The molecule has 3 rings (SSSR count). The minimum Gasteiger partial charge on any atom is -0.363 e. The van der Waals surface area contributed by atoms with Gasteiger partial charge in [-0.25, -0.2) is 4.31 Å². The maximum Gasteiger partial charge on any atom is 0.262 e. The summed E-state index contributed by atoms with van der Waals surface area (Å²) in [7, 11) is 3.73. The molecule has 1 heterocycles. The second kappa shape index (κ2) is 17.9. The van der Waals surface area contributed by atoms with E-state index in [0.29, 0.717) is 50.4 Å². The average molecular weight is 634 g/mol. The Labute approximate surface area is 275 Å². The first-order valence-electron chi connectivity index (χ1n) is 16.2. The van der Waals surface area contributed by atoms with Crippen molar-refractivity contribution in [2.75, 3.05) is 58.3 Å². The highest BCUT2D eigenvalue weighted by molar-refractivity contribution is 7.95. The molecule has 1 saturated heterocycles. The molecule has 1 unspecified atom stereocenters. The zero-order valence-corrected chi connectivity index (χ0v) is 28.8. The molecular formula is C36H51N5O3S. The molecular weight excluding hydrogens is 582 g/mol. The molecule has 45 heavy (non-hydrogen) atoms. The van der Waals surface area contributed by atoms with Crippen LogP contribution in [0.5, 0.6) is 0 Å². The molecule has 1 saturated carbocycles. The van der Waals surface area contributed by atoms with Crippen LogP contribution in [0.4, 0.5) is 5.69 Å². The number of terminal acetylenes is 1. The molecule has 0 bridgehead atoms. The van der Waals surface area contributed by atoms with Crippen molar-refractivity contribution in [2.45, 2.75) is 65.7 Å². The molecule has 1 atom stereocenters. The highest BCUT2D eigenvalue weighted by atomic mass is 32.2. The van der Waals surface area contributed by atoms with E-state index in [4.69, 9.17) is 6.42 Å². The summed E-state index contributed by atoms with van der Waals surface area (Å²) in [5.41, 5.74) is 4.04. The molecule has 2 aliphatic rings. The monoisotopic (exact) mass is 633 g/mol. The summed E-state index contributed by atoms with van der Waals surface area (Å²) in [6.07, 6.45) is 18.8. The molecule has 2 fully saturated rings. The Morgan fingerprint density at radius 3 is 2.40 bits per heavy atom. The van der Waals surface area contributed by atoms with Crippen LogP contribution in [0.1, 0.15) is 81.6 Å². The quantitative estimate of drug-likeness (QED) is 0.0865. The summed E-state index contributed by atoms with van der Waals surface area (Å²) >= 11 is 1.22. The van der Waals surface area contributed by atoms with Gasteiger partial charge in [-0.2, -0.15) is 0 Å². The van der Waals surface area contributed by atoms with Gasteiger partial charge < -0.3 is 14.7 Å². The van der Waals surface area contributed by atoms with Gasteiger partial charge in [-0.05, 0) is 77.4 Å². The number of nitrogens with zero attached hydrogens (tertiary/aromatic N) is 4. The van der Waals surface area contributed by atoms with Gasteiger partial charge in [0.15, 0.2) is 0 Å². The molecule has 0 radical (unpaired) electrons. The molecule has 1 aromatic carbocycles. The Morgan fingerprint density at radius 1 is 1.13 bits per heavy atom. The Hall–Kier alpha value is -3.48. The van der Waals surface area contributed by atoms with E-state index >= 15 is 0 Å². The topological polar surface area (TPSA) is 76.2 Å². The standard InChI is InChI=1S/C36H51N5O3S/c1-8-12-19-41(33-25-30(34(42)37-45-38(6)7)17-18-32(33)28(11-4)14-10-3)26-31(24-27(5)13-9-2)36(44)40-22-20-39(21-23-40)35(43)29-15-16-29/h4,8,12-13,17-18,24-25,28-29H,9-10,14-16,19-23,26H2,1-3,5-7H3,(H,37,42)/b12-8+,27-13+,31-24+. The van der Waals surface area contributed by atoms with E-state index in [-0.39, 0.29) is 29.6 Å². The van der Waals surface area contributed by atoms with Crippen molar-refractivity contribution < 1.29 is 14.4 Å². The summed E-state index contributed by atoms with van der Waals surface area (Å²) < 4.78 is 4.70. The van der Waals surface area contributed by atoms with E-state index in [1.54, 1.807) is 0 Å². The molecule has 3 amide bonds. The van der Waals surface area contributed by atoms with Gasteiger partial charge in [-0.1, -0.05) is 56.1 Å². The smallest absolute Gasteiger partial charge is 0.262 e. The van der Waals surface area contributed by atoms with Crippen LogP contribution < -0.4 is 9.62 Å². The summed E-state index contributed by atoms with van der Waals surface area (Å²) in [6.45, 7) is 11.2. The number of amides is 3. The zero-order chi connectivity index (χ0) is 32.9. The van der Waals surface area contributed by atoms with Crippen LogP contribution in [0.3, 0.4) is 0 Å². The predicted molar refractivity (Wildman–Crippen MR) is 187 cm³/mol. The average Bonchev–Trinajstić information content (AvgIpc) is 3.89. The third-order valence-corrected chi connectivity index (χ3v) is 8.68. The van der Waals surface area contributed by atoms with Gasteiger partial charge in [0.2, 0.25) is 5.91 Å². The van der Waals surface area contributed by atoms with Crippen LogP contribution in [0.15, 0.2) is 53.6 Å². The lowest BCUT2D eigenvalue weighted by molar-refractivity contribution is -0.138. The van der Waals surface area contributed by atoms with E-state index in [1.807, 2.05) is 72.4 Å². The van der Waals surface area contributed by atoms with Gasteiger partial charge in [0, 0.05) is 80.1 Å². The number of carbonyl (C=O) groups excluding carboxylic acids is 3. The van der Waals surface area contributed by atoms with Crippen LogP contribution in [-0.2, 0) is 9.59 Å². The maximum absolute atomic E-state index is 14.2. The molecule has 1 aromatic rings. The van der Waals surface area contributed by atoms with Gasteiger partial charge in [0.25, 0.3) is 11.8 Å². The predicted octanol–water partition coefficient (Wildman–Crippen LogP) is 5.80. The van der Waals surface area contributed by atoms with Crippen LogP contribution in [0.25, 0.3) is 0 Å². The summed E-state index contributed by atoms with van der Waals surface area (Å²) in [5, 5.41) is 0. The van der Waals surface area contributed by atoms with E-state index in [2.05, 4.69) is 41.5 Å². The molecule has 1 aliphatic carbocycles. The number of piperazine rings is 1. The number of nitrogens with one attached hydrogen (secondary N) is 1. The van der Waals surface area contributed by atoms with Crippen LogP contribution >= 0.6 is 12.1 Å². The van der Waals surface area contributed by atoms with Crippen molar-refractivity contribution in [3.63, 3.8) is 0 Å². The van der Waals surface area contributed by atoms with Crippen LogP contribution in [0, 0.1) is 18.3 Å². The second-order valence-electron chi connectivity index (χ2n) is 12.0. The van der Waals surface area contributed by atoms with Crippen molar-refractivity contribution in [1.29, 1.82) is 0 Å². The Bertz CT molecular complexity index is 1320. The normalized spacial score (nSPS) is 16.6. The first-order valence-corrected chi connectivity index (χ1v) is 17.0. The number of rotatable bonds is 15. The third kappa shape index (κ3) is 10.5. The molecule has 8 nitrogen and oxygen atoms in total. The van der Waals surface area contributed by atoms with Crippen molar-refractivity contribution in [3.05, 3.63) is 64.8 Å². The third-order valence-electron chi connectivity index (χ3n) is 8.04. The number of hydrogen-bond acceptors (Lipinski definition) is 6. The molecule has 0 aromatic heterocycles. The number of allylic oxidation sites excluding steroid dienone is 4. The number of carbonyl (C=O) groups is 3. The number of benzene rings is 1. The van der Waals surface area contributed by atoms with E-state index in [9.17, 15) is 14.4 Å². The molecule has 1 N–H and O–H groups in total. The first kappa shape index (κ1) is 36.0. The Morgan fingerprint density at radius 2 is 1.82 bits per heavy atom. The Balaban J connectivity index is 2.01. The van der Waals surface area contributed by atoms with E-state index in [0.717, 1.165) is 48.9 Å².